The van der Waals surface area contributed by atoms with Crippen molar-refractivity contribution in [3.8, 4) is 0 Å². The first-order chi connectivity index (χ1) is 8.97. The van der Waals surface area contributed by atoms with Crippen LogP contribution in [0.1, 0.15) is 19.8 Å². The van der Waals surface area contributed by atoms with Gasteiger partial charge in [-0.2, -0.15) is 0 Å². The highest BCUT2D eigenvalue weighted by atomic mass is 32.2. The van der Waals surface area contributed by atoms with Crippen molar-refractivity contribution in [3.05, 3.63) is 18.2 Å². The third kappa shape index (κ3) is 3.19. The van der Waals surface area contributed by atoms with Crippen LogP contribution >= 0.6 is 0 Å². The van der Waals surface area contributed by atoms with Crippen LogP contribution in [0.4, 0.5) is 11.4 Å². The van der Waals surface area contributed by atoms with Crippen LogP contribution in [0, 0.1) is 5.92 Å². The third-order valence-corrected chi connectivity index (χ3v) is 4.89. The van der Waals surface area contributed by atoms with E-state index in [2.05, 4.69) is 16.5 Å². The number of benzene rings is 1. The van der Waals surface area contributed by atoms with Gasteiger partial charge in [0.15, 0.2) is 0 Å². The van der Waals surface area contributed by atoms with Gasteiger partial charge in [0.25, 0.3) is 0 Å². The van der Waals surface area contributed by atoms with Gasteiger partial charge in [0.05, 0.1) is 16.3 Å². The van der Waals surface area contributed by atoms with E-state index in [9.17, 15) is 8.42 Å². The predicted molar refractivity (Wildman–Crippen MR) is 77.7 cm³/mol. The van der Waals surface area contributed by atoms with Gasteiger partial charge in [-0.3, -0.25) is 0 Å². The van der Waals surface area contributed by atoms with Gasteiger partial charge in [0, 0.05) is 13.1 Å². The monoisotopic (exact) mass is 283 g/mol. The van der Waals surface area contributed by atoms with E-state index < -0.39 is 10.0 Å². The SMILES string of the molecule is CCN(CC1CC1)c1ccc(S(=O)(=O)NC)cc1N. The van der Waals surface area contributed by atoms with Gasteiger partial charge in [-0.1, -0.05) is 0 Å². The van der Waals surface area contributed by atoms with E-state index in [0.29, 0.717) is 5.69 Å². The topological polar surface area (TPSA) is 75.4 Å². The van der Waals surface area contributed by atoms with Crippen LogP contribution in [0.25, 0.3) is 0 Å². The van der Waals surface area contributed by atoms with Crippen LogP contribution in [-0.4, -0.2) is 28.6 Å². The molecule has 0 aromatic heterocycles. The molecule has 106 valence electrons. The maximum Gasteiger partial charge on any atom is 0.240 e. The number of nitrogens with one attached hydrogen (secondary N) is 1. The number of nitrogens with two attached hydrogens (primary N) is 1. The molecule has 0 atom stereocenters. The van der Waals surface area contributed by atoms with Gasteiger partial charge < -0.3 is 10.6 Å². The molecule has 1 aromatic carbocycles. The fourth-order valence-electron chi connectivity index (χ4n) is 2.12. The highest BCUT2D eigenvalue weighted by Gasteiger charge is 2.25. The minimum Gasteiger partial charge on any atom is -0.397 e. The second-order valence-electron chi connectivity index (χ2n) is 4.91. The Balaban J connectivity index is 2.27. The van der Waals surface area contributed by atoms with Gasteiger partial charge in [0.2, 0.25) is 10.0 Å². The molecule has 0 amide bonds. The van der Waals surface area contributed by atoms with Crippen LogP contribution in [0.3, 0.4) is 0 Å². The lowest BCUT2D eigenvalue weighted by Crippen LogP contribution is -2.26. The minimum atomic E-state index is -3.43. The first-order valence-electron chi connectivity index (χ1n) is 6.56. The largest absolute Gasteiger partial charge is 0.397 e. The van der Waals surface area contributed by atoms with Crippen molar-refractivity contribution >= 4 is 21.4 Å². The van der Waals surface area contributed by atoms with Crippen LogP contribution in [0.2, 0.25) is 0 Å². The highest BCUT2D eigenvalue weighted by molar-refractivity contribution is 7.89. The summed E-state index contributed by atoms with van der Waals surface area (Å²) in [5, 5.41) is 0. The molecule has 1 aliphatic carbocycles. The van der Waals surface area contributed by atoms with Crippen molar-refractivity contribution in [1.29, 1.82) is 0 Å². The number of hydrogen-bond acceptors (Lipinski definition) is 4. The van der Waals surface area contributed by atoms with E-state index in [1.54, 1.807) is 12.1 Å². The lowest BCUT2D eigenvalue weighted by molar-refractivity contribution is 0.588. The fourth-order valence-corrected chi connectivity index (χ4v) is 2.88. The van der Waals surface area contributed by atoms with Crippen LogP contribution in [-0.2, 0) is 10.0 Å². The van der Waals surface area contributed by atoms with Crippen molar-refractivity contribution in [2.75, 3.05) is 30.8 Å². The Morgan fingerprint density at radius 3 is 2.58 bits per heavy atom. The molecule has 0 heterocycles. The van der Waals surface area contributed by atoms with Gasteiger partial charge >= 0.3 is 0 Å². The molecule has 0 bridgehead atoms. The molecule has 6 heteroatoms. The molecule has 3 N–H and O–H groups in total. The first-order valence-corrected chi connectivity index (χ1v) is 8.04. The van der Waals surface area contributed by atoms with Crippen molar-refractivity contribution in [2.45, 2.75) is 24.7 Å². The second-order valence-corrected chi connectivity index (χ2v) is 6.80. The molecule has 0 spiro atoms. The van der Waals surface area contributed by atoms with Crippen molar-refractivity contribution < 1.29 is 8.42 Å². The van der Waals surface area contributed by atoms with E-state index in [1.165, 1.54) is 26.0 Å². The highest BCUT2D eigenvalue weighted by Crippen LogP contribution is 2.33. The number of rotatable bonds is 6. The zero-order valence-corrected chi connectivity index (χ0v) is 12.2. The summed E-state index contributed by atoms with van der Waals surface area (Å²) in [5.74, 6) is 0.764. The van der Waals surface area contributed by atoms with Gasteiger partial charge in [-0.15, -0.1) is 0 Å². The quantitative estimate of drug-likeness (QED) is 0.774. The second kappa shape index (κ2) is 5.38. The van der Waals surface area contributed by atoms with E-state index in [0.717, 1.165) is 24.7 Å². The average Bonchev–Trinajstić information content (AvgIpc) is 3.20. The van der Waals surface area contributed by atoms with Crippen LogP contribution < -0.4 is 15.4 Å². The van der Waals surface area contributed by atoms with Crippen molar-refractivity contribution in [2.24, 2.45) is 5.92 Å². The Kier molecular flexibility index (Phi) is 4.01. The average molecular weight is 283 g/mol. The number of nitrogens with zero attached hydrogens (tertiary/aromatic N) is 1. The Morgan fingerprint density at radius 1 is 1.42 bits per heavy atom. The summed E-state index contributed by atoms with van der Waals surface area (Å²) in [6, 6.07) is 4.93. The maximum absolute atomic E-state index is 11.7. The molecule has 0 radical (unpaired) electrons. The fraction of sp³-hybridized carbons (Fsp3) is 0.538. The Bertz CT molecular complexity index is 553. The van der Waals surface area contributed by atoms with E-state index in [1.807, 2.05) is 0 Å². The molecule has 1 aliphatic rings. The molecular weight excluding hydrogens is 262 g/mol. The van der Waals surface area contributed by atoms with Crippen molar-refractivity contribution in [3.63, 3.8) is 0 Å². The summed E-state index contributed by atoms with van der Waals surface area (Å²) in [5.41, 5.74) is 7.45. The van der Waals surface area contributed by atoms with Gasteiger partial charge in [-0.25, -0.2) is 13.1 Å². The summed E-state index contributed by atoms with van der Waals surface area (Å²) in [7, 11) is -2.04. The normalized spacial score (nSPS) is 15.5. The molecule has 1 aromatic rings. The summed E-state index contributed by atoms with van der Waals surface area (Å²) >= 11 is 0. The van der Waals surface area contributed by atoms with Crippen LogP contribution in [0.5, 0.6) is 0 Å². The summed E-state index contributed by atoms with van der Waals surface area (Å²) in [6.45, 7) is 3.96. The molecular formula is C13H21N3O2S. The number of anilines is 2. The number of hydrogen-bond donors (Lipinski definition) is 2. The molecule has 19 heavy (non-hydrogen) atoms. The zero-order valence-electron chi connectivity index (χ0n) is 11.4. The Hall–Kier alpha value is -1.27. The Labute approximate surface area is 114 Å². The van der Waals surface area contributed by atoms with Crippen molar-refractivity contribution in [1.82, 2.24) is 4.72 Å². The molecule has 5 nitrogen and oxygen atoms in total. The minimum absolute atomic E-state index is 0.207. The summed E-state index contributed by atoms with van der Waals surface area (Å²) in [4.78, 5) is 2.42. The van der Waals surface area contributed by atoms with E-state index in [4.69, 9.17) is 5.73 Å². The molecule has 1 fully saturated rings. The summed E-state index contributed by atoms with van der Waals surface area (Å²) in [6.07, 6.45) is 2.56. The van der Waals surface area contributed by atoms with Crippen LogP contribution in [0.15, 0.2) is 23.1 Å². The first kappa shape index (κ1) is 14.1. The maximum atomic E-state index is 11.7. The van der Waals surface area contributed by atoms with Gasteiger partial charge in [0.1, 0.15) is 0 Å². The van der Waals surface area contributed by atoms with E-state index in [-0.39, 0.29) is 4.90 Å². The lowest BCUT2D eigenvalue weighted by Gasteiger charge is -2.24. The predicted octanol–water partition coefficient (Wildman–Crippen LogP) is 1.41. The summed E-state index contributed by atoms with van der Waals surface area (Å²) < 4.78 is 25.7. The zero-order chi connectivity index (χ0) is 14.0. The van der Waals surface area contributed by atoms with E-state index >= 15 is 0 Å². The molecule has 2 rings (SSSR count). The number of sulfonamides is 1. The standard InChI is InChI=1S/C13H21N3O2S/c1-3-16(9-10-4-5-10)13-7-6-11(8-12(13)14)19(17,18)15-2/h6-8,10,15H,3-5,9,14H2,1-2H3. The molecule has 1 saturated carbocycles. The molecule has 0 unspecified atom stereocenters. The molecule has 0 saturated heterocycles. The Morgan fingerprint density at radius 2 is 2.11 bits per heavy atom. The molecule has 0 aliphatic heterocycles. The number of nitrogen functional groups attached to an aromatic ring is 1. The van der Waals surface area contributed by atoms with Gasteiger partial charge in [-0.05, 0) is 50.9 Å². The smallest absolute Gasteiger partial charge is 0.240 e. The lowest BCUT2D eigenvalue weighted by atomic mass is 10.2. The third-order valence-electron chi connectivity index (χ3n) is 3.48.